The molecule has 1 fully saturated rings. The van der Waals surface area contributed by atoms with Gasteiger partial charge in [-0.1, -0.05) is 6.92 Å². The van der Waals surface area contributed by atoms with Crippen molar-refractivity contribution in [3.8, 4) is 5.75 Å². The number of hydrogen-bond acceptors (Lipinski definition) is 5. The number of hydrogen-bond donors (Lipinski definition) is 2. The first-order chi connectivity index (χ1) is 18.1. The number of amides is 3. The molecule has 0 unspecified atom stereocenters. The van der Waals surface area contributed by atoms with Crippen LogP contribution in [0.2, 0.25) is 0 Å². The third-order valence-corrected chi connectivity index (χ3v) is 6.73. The molecule has 38 heavy (non-hydrogen) atoms. The van der Waals surface area contributed by atoms with Crippen LogP contribution in [0.1, 0.15) is 58.9 Å². The fraction of sp³-hybridized carbons (Fsp3) is 0.444. The van der Waals surface area contributed by atoms with Gasteiger partial charge in [-0.2, -0.15) is 13.2 Å². The minimum atomic E-state index is -4.50. The molecule has 2 aromatic carbocycles. The molecule has 0 spiro atoms. The van der Waals surface area contributed by atoms with E-state index in [9.17, 15) is 27.6 Å². The molecule has 2 aliphatic heterocycles. The molecular weight excluding hydrogens is 503 g/mol. The summed E-state index contributed by atoms with van der Waals surface area (Å²) < 4.78 is 50.5. The molecule has 4 rings (SSSR count). The van der Waals surface area contributed by atoms with Crippen molar-refractivity contribution >= 4 is 23.4 Å². The second-order valence-corrected chi connectivity index (χ2v) is 9.46. The molecule has 8 nitrogen and oxygen atoms in total. The SMILES string of the molecule is CCCNC(=O)C[C@@H]1CC[C@H]2[C@H](COc3ccc(NC(=O)c4ccc(C(F)(F)F)cc4)cc3C(=O)N2C)O1. The molecule has 0 aliphatic carbocycles. The molecular formula is C27H30F3N3O5. The van der Waals surface area contributed by atoms with Crippen LogP contribution in [0.4, 0.5) is 18.9 Å². The second kappa shape index (κ2) is 11.4. The standard InChI is InChI=1S/C27H30F3N3O5/c1-3-12-31-24(34)14-19-9-10-21-23(38-19)15-37-22-11-8-18(13-20(22)26(36)33(21)2)32-25(35)16-4-6-17(7-5-16)27(28,29)30/h4-8,11,13,19,21,23H,3,9-10,12,14-15H2,1-2H3,(H,31,34)(H,32,35)/t19-,21-,23-/m0/s1. The quantitative estimate of drug-likeness (QED) is 0.579. The Morgan fingerprint density at radius 1 is 1.11 bits per heavy atom. The summed E-state index contributed by atoms with van der Waals surface area (Å²) in [7, 11) is 1.68. The molecule has 2 heterocycles. The van der Waals surface area contributed by atoms with Crippen molar-refractivity contribution in [3.63, 3.8) is 0 Å². The Balaban J connectivity index is 1.45. The summed E-state index contributed by atoms with van der Waals surface area (Å²) in [6.45, 7) is 2.77. The van der Waals surface area contributed by atoms with Crippen LogP contribution >= 0.6 is 0 Å². The molecule has 1 saturated heterocycles. The lowest BCUT2D eigenvalue weighted by Crippen LogP contribution is -2.54. The minimum absolute atomic E-state index is 0.0459. The van der Waals surface area contributed by atoms with E-state index >= 15 is 0 Å². The Morgan fingerprint density at radius 2 is 1.84 bits per heavy atom. The maximum absolute atomic E-state index is 13.4. The lowest BCUT2D eigenvalue weighted by atomic mass is 9.94. The largest absolute Gasteiger partial charge is 0.490 e. The number of likely N-dealkylation sites (N-methyl/N-ethyl adjacent to an activating group) is 1. The molecule has 2 aliphatic rings. The molecule has 0 radical (unpaired) electrons. The molecule has 0 saturated carbocycles. The summed E-state index contributed by atoms with van der Waals surface area (Å²) >= 11 is 0. The molecule has 204 valence electrons. The van der Waals surface area contributed by atoms with E-state index in [0.29, 0.717) is 30.8 Å². The lowest BCUT2D eigenvalue weighted by molar-refractivity contribution is -0.137. The average molecular weight is 534 g/mol. The third-order valence-electron chi connectivity index (χ3n) is 6.73. The van der Waals surface area contributed by atoms with Crippen molar-refractivity contribution in [1.82, 2.24) is 10.2 Å². The van der Waals surface area contributed by atoms with Gasteiger partial charge in [0.1, 0.15) is 18.5 Å². The van der Waals surface area contributed by atoms with Crippen molar-refractivity contribution in [2.24, 2.45) is 0 Å². The Morgan fingerprint density at radius 3 is 2.53 bits per heavy atom. The number of rotatable bonds is 6. The number of ether oxygens (including phenoxy) is 2. The lowest BCUT2D eigenvalue weighted by Gasteiger charge is -2.42. The molecule has 0 bridgehead atoms. The number of carbonyl (C=O) groups excluding carboxylic acids is 3. The second-order valence-electron chi connectivity index (χ2n) is 9.46. The van der Waals surface area contributed by atoms with E-state index in [2.05, 4.69) is 10.6 Å². The summed E-state index contributed by atoms with van der Waals surface area (Å²) in [6.07, 6.45) is -2.81. The van der Waals surface area contributed by atoms with Crippen molar-refractivity contribution in [2.45, 2.75) is 57.0 Å². The summed E-state index contributed by atoms with van der Waals surface area (Å²) in [5.41, 5.74) is -0.257. The maximum atomic E-state index is 13.4. The summed E-state index contributed by atoms with van der Waals surface area (Å²) in [5, 5.41) is 5.47. The van der Waals surface area contributed by atoms with Crippen molar-refractivity contribution < 1.29 is 37.0 Å². The van der Waals surface area contributed by atoms with E-state index in [1.807, 2.05) is 6.92 Å². The van der Waals surface area contributed by atoms with E-state index in [1.54, 1.807) is 24.1 Å². The van der Waals surface area contributed by atoms with E-state index in [4.69, 9.17) is 9.47 Å². The van der Waals surface area contributed by atoms with E-state index in [1.165, 1.54) is 6.07 Å². The van der Waals surface area contributed by atoms with Gasteiger partial charge in [0.15, 0.2) is 0 Å². The smallest absolute Gasteiger partial charge is 0.416 e. The highest BCUT2D eigenvalue weighted by molar-refractivity contribution is 6.05. The zero-order chi connectivity index (χ0) is 27.4. The highest BCUT2D eigenvalue weighted by Gasteiger charge is 2.39. The van der Waals surface area contributed by atoms with Gasteiger partial charge < -0.3 is 25.0 Å². The number of fused-ring (bicyclic) bond motifs is 2. The number of benzene rings is 2. The Kier molecular flexibility index (Phi) is 8.25. The summed E-state index contributed by atoms with van der Waals surface area (Å²) in [6, 6.07) is 8.21. The van der Waals surface area contributed by atoms with Gasteiger partial charge in [-0.15, -0.1) is 0 Å². The van der Waals surface area contributed by atoms with Crippen LogP contribution in [-0.2, 0) is 15.7 Å². The molecule has 3 amide bonds. The zero-order valence-corrected chi connectivity index (χ0v) is 21.1. The predicted octanol–water partition coefficient (Wildman–Crippen LogP) is 4.25. The molecule has 2 aromatic rings. The molecule has 0 aromatic heterocycles. The first-order valence-corrected chi connectivity index (χ1v) is 12.5. The monoisotopic (exact) mass is 533 g/mol. The van der Waals surface area contributed by atoms with Gasteiger partial charge in [0.05, 0.1) is 29.7 Å². The van der Waals surface area contributed by atoms with Crippen molar-refractivity contribution in [1.29, 1.82) is 0 Å². The normalized spacial score (nSPS) is 21.3. The third kappa shape index (κ3) is 6.27. The fourth-order valence-electron chi connectivity index (χ4n) is 4.66. The number of alkyl halides is 3. The van der Waals surface area contributed by atoms with Crippen LogP contribution in [0.15, 0.2) is 42.5 Å². The summed E-state index contributed by atoms with van der Waals surface area (Å²) in [5.74, 6) is -0.675. The van der Waals surface area contributed by atoms with Gasteiger partial charge in [0.25, 0.3) is 11.8 Å². The highest BCUT2D eigenvalue weighted by atomic mass is 19.4. The Labute approximate surface area is 218 Å². The van der Waals surface area contributed by atoms with Gasteiger partial charge in [-0.05, 0) is 61.7 Å². The summed E-state index contributed by atoms with van der Waals surface area (Å²) in [4.78, 5) is 39.7. The first kappa shape index (κ1) is 27.4. The number of nitrogens with one attached hydrogen (secondary N) is 2. The van der Waals surface area contributed by atoms with Gasteiger partial charge in [0.2, 0.25) is 5.91 Å². The number of carbonyl (C=O) groups is 3. The number of anilines is 1. The first-order valence-electron chi connectivity index (χ1n) is 12.5. The van der Waals surface area contributed by atoms with E-state index in [-0.39, 0.29) is 48.1 Å². The number of halogens is 3. The molecule has 3 atom stereocenters. The predicted molar refractivity (Wildman–Crippen MR) is 133 cm³/mol. The zero-order valence-electron chi connectivity index (χ0n) is 21.1. The minimum Gasteiger partial charge on any atom is -0.490 e. The molecule has 11 heteroatoms. The Hall–Kier alpha value is -3.60. The van der Waals surface area contributed by atoms with Crippen molar-refractivity contribution in [3.05, 3.63) is 59.2 Å². The van der Waals surface area contributed by atoms with Crippen LogP contribution in [0.3, 0.4) is 0 Å². The van der Waals surface area contributed by atoms with Gasteiger partial charge in [-0.25, -0.2) is 0 Å². The van der Waals surface area contributed by atoms with Crippen LogP contribution in [0.5, 0.6) is 5.75 Å². The van der Waals surface area contributed by atoms with Gasteiger partial charge in [0, 0.05) is 24.8 Å². The Bertz CT molecular complexity index is 1190. The van der Waals surface area contributed by atoms with Crippen LogP contribution in [0, 0.1) is 0 Å². The average Bonchev–Trinajstić information content (AvgIpc) is 2.89. The van der Waals surface area contributed by atoms with E-state index < -0.39 is 23.8 Å². The topological polar surface area (TPSA) is 97.0 Å². The number of nitrogens with zero attached hydrogens (tertiary/aromatic N) is 1. The maximum Gasteiger partial charge on any atom is 0.416 e. The van der Waals surface area contributed by atoms with Crippen LogP contribution in [0.25, 0.3) is 0 Å². The van der Waals surface area contributed by atoms with E-state index in [0.717, 1.165) is 30.7 Å². The fourth-order valence-corrected chi connectivity index (χ4v) is 4.66. The molecule has 2 N–H and O–H groups in total. The highest BCUT2D eigenvalue weighted by Crippen LogP contribution is 2.33. The van der Waals surface area contributed by atoms with Gasteiger partial charge in [-0.3, -0.25) is 14.4 Å². The van der Waals surface area contributed by atoms with Gasteiger partial charge >= 0.3 is 6.18 Å². The van der Waals surface area contributed by atoms with Crippen LogP contribution < -0.4 is 15.4 Å². The van der Waals surface area contributed by atoms with Crippen molar-refractivity contribution in [2.75, 3.05) is 25.5 Å². The van der Waals surface area contributed by atoms with Crippen LogP contribution in [-0.4, -0.2) is 61.1 Å².